The molecule has 2 amide bonds. The number of nitrogen functional groups attached to an aromatic ring is 1. The van der Waals surface area contributed by atoms with Crippen LogP contribution in [0.3, 0.4) is 0 Å². The van der Waals surface area contributed by atoms with E-state index in [0.717, 1.165) is 73.6 Å². The number of ether oxygens (including phenoxy) is 2. The molecule has 3 aliphatic rings. The number of carboxylic acids is 1. The van der Waals surface area contributed by atoms with E-state index in [2.05, 4.69) is 55.5 Å². The van der Waals surface area contributed by atoms with Gasteiger partial charge in [0.05, 0.1) is 76.1 Å². The number of aliphatic hydroxyl groups is 1. The molecule has 9 aromatic rings. The van der Waals surface area contributed by atoms with E-state index >= 15 is 0 Å². The van der Waals surface area contributed by atoms with Gasteiger partial charge in [0.1, 0.15) is 75.5 Å². The van der Waals surface area contributed by atoms with Gasteiger partial charge in [-0.15, -0.1) is 0 Å². The van der Waals surface area contributed by atoms with Crippen molar-refractivity contribution < 1.29 is 83.2 Å². The third-order valence-electron chi connectivity index (χ3n) is 18.4. The number of aryl methyl sites for hydroxylation is 3. The lowest BCUT2D eigenvalue weighted by atomic mass is 9.83. The number of nitrogens with zero attached hydrogens (tertiary/aromatic N) is 9. The summed E-state index contributed by atoms with van der Waals surface area (Å²) >= 11 is 4.00. The Bertz CT molecular complexity index is 4750. The third kappa shape index (κ3) is 19.2. The zero-order chi connectivity index (χ0) is 78.0. The van der Waals surface area contributed by atoms with Crippen molar-refractivity contribution in [2.45, 2.75) is 195 Å². The molecule has 0 aromatic carbocycles. The fourth-order valence-corrected chi connectivity index (χ4v) is 13.4. The monoisotopic (exact) mass is 1540 g/mol. The number of thiazole rings is 3. The van der Waals surface area contributed by atoms with Gasteiger partial charge in [0.15, 0.2) is 0 Å². The SMILES string of the molecule is CC(C)(C)C(=O)OCc1nc2cc(N)cnc2s1.CC(C)(C)C(=O)OCc1nc2cc(NC(=O)[C@H]3CCc4nc(C(C)(C)C(F)(F)F)ccc4C3)cnc2s1.CC(C)(c1ccc2c(n1)CC[C@H](C(=O)Nc1cnc3sc(CO)nc3c1)C2)C(F)(F)F.CC(C)(c1ccc2c(n1)CC[C@H](C(=O)O)C2)C(F)(F)F. The standard InChI is InChI=1S/C26H29F3N4O3S.C21H21F3N4O2S.C14H16F3NO2.C12H15N3O2S/c1-24(2,3)23(35)36-13-20-33-18-11-16(12-30-22(18)37-20)31-21(34)15-6-8-17-14(10-15)7-9-19(32-17)25(4,5)26(27,28)29;1-20(2,21(22,23)24)16-6-4-11-7-12(3-5-14(11)27-16)18(30)26-13-8-15-19(25-9-13)31-17(10-29)28-15;1-13(2,14(15,16)17)11-6-4-8-7-9(12(19)20)3-5-10(8)18-11;1-12(2,3)11(16)17-6-9-15-8-4-7(13)5-14-10(8)18-9/h7,9,11-12,15H,6,8,10,13H2,1-5H3,(H,31,34);4,6,8-9,12,29H,3,5,7,10H2,1-2H3,(H,26,30);4,6,9H,3,5,7H2,1-2H3,(H,19,20);4-5H,6,13H2,1-3H3/t15-;12-;9-;/m000./s1. The number of halogens is 9. The normalized spacial score (nSPS) is 16.3. The highest BCUT2D eigenvalue weighted by molar-refractivity contribution is 7.18. The van der Waals surface area contributed by atoms with E-state index in [1.54, 1.807) is 75.8 Å². The summed E-state index contributed by atoms with van der Waals surface area (Å²) in [7, 11) is 0. The highest BCUT2D eigenvalue weighted by atomic mass is 32.1. The van der Waals surface area contributed by atoms with Crippen molar-refractivity contribution in [2.24, 2.45) is 28.6 Å². The summed E-state index contributed by atoms with van der Waals surface area (Å²) < 4.78 is 130. The van der Waals surface area contributed by atoms with E-state index in [4.69, 9.17) is 20.3 Å². The molecule has 0 bridgehead atoms. The van der Waals surface area contributed by atoms with Gasteiger partial charge < -0.3 is 36.1 Å². The van der Waals surface area contributed by atoms with Crippen molar-refractivity contribution in [3.63, 3.8) is 0 Å². The molecule has 33 heteroatoms. The number of nitrogens with two attached hydrogens (primary N) is 1. The van der Waals surface area contributed by atoms with Crippen molar-refractivity contribution in [2.75, 3.05) is 16.4 Å². The summed E-state index contributed by atoms with van der Waals surface area (Å²) in [5, 5.41) is 25.8. The lowest BCUT2D eigenvalue weighted by molar-refractivity contribution is -0.181. The maximum atomic E-state index is 13.4. The van der Waals surface area contributed by atoms with Crippen LogP contribution in [0.1, 0.15) is 168 Å². The molecule has 0 saturated heterocycles. The Morgan fingerprint density at radius 3 is 1.13 bits per heavy atom. The highest BCUT2D eigenvalue weighted by Crippen LogP contribution is 2.44. The summed E-state index contributed by atoms with van der Waals surface area (Å²) in [5.41, 5.74) is 6.06. The number of amides is 2. The van der Waals surface area contributed by atoms with Gasteiger partial charge in [-0.2, -0.15) is 39.5 Å². The van der Waals surface area contributed by atoms with Crippen LogP contribution in [0.5, 0.6) is 0 Å². The van der Waals surface area contributed by atoms with Crippen LogP contribution in [0, 0.1) is 28.6 Å². The van der Waals surface area contributed by atoms with Gasteiger partial charge in [-0.25, -0.2) is 29.9 Å². The number of aromatic nitrogens is 9. The van der Waals surface area contributed by atoms with Gasteiger partial charge in [-0.1, -0.05) is 52.2 Å². The molecular weight excluding hydrogens is 1460 g/mol. The number of hydrogen-bond acceptors (Lipinski definition) is 21. The number of rotatable bonds is 13. The number of nitrogens with one attached hydrogen (secondary N) is 2. The van der Waals surface area contributed by atoms with Gasteiger partial charge in [0, 0.05) is 28.9 Å². The molecular formula is C73H81F9N12O9S3. The van der Waals surface area contributed by atoms with E-state index < -0.39 is 57.5 Å². The second kappa shape index (κ2) is 31.5. The number of hydrogen-bond donors (Lipinski definition) is 5. The minimum atomic E-state index is -4.41. The second-order valence-corrected chi connectivity index (χ2v) is 32.9. The molecule has 12 rings (SSSR count). The average molecular weight is 1540 g/mol. The molecule has 106 heavy (non-hydrogen) atoms. The number of carbonyl (C=O) groups is 5. The molecule has 6 N–H and O–H groups in total. The predicted octanol–water partition coefficient (Wildman–Crippen LogP) is 15.4. The minimum Gasteiger partial charge on any atom is -0.481 e. The van der Waals surface area contributed by atoms with Crippen LogP contribution < -0.4 is 16.4 Å². The Morgan fingerprint density at radius 2 is 0.792 bits per heavy atom. The zero-order valence-electron chi connectivity index (χ0n) is 60.1. The van der Waals surface area contributed by atoms with Crippen LogP contribution in [0.2, 0.25) is 0 Å². The van der Waals surface area contributed by atoms with Crippen molar-refractivity contribution >= 4 is 112 Å². The van der Waals surface area contributed by atoms with Crippen LogP contribution in [0.15, 0.2) is 73.2 Å². The predicted molar refractivity (Wildman–Crippen MR) is 382 cm³/mol. The largest absolute Gasteiger partial charge is 0.481 e. The minimum absolute atomic E-state index is 0.00783. The maximum absolute atomic E-state index is 13.4. The molecule has 9 aromatic heterocycles. The van der Waals surface area contributed by atoms with Crippen LogP contribution in [-0.2, 0) is 108 Å². The smallest absolute Gasteiger partial charge is 0.399 e. The molecule has 0 fully saturated rings. The van der Waals surface area contributed by atoms with E-state index in [1.165, 1.54) is 52.2 Å². The molecule has 3 aliphatic carbocycles. The summed E-state index contributed by atoms with van der Waals surface area (Å²) in [6, 6.07) is 14.2. The first-order valence-corrected chi connectivity index (χ1v) is 36.2. The number of esters is 2. The zero-order valence-corrected chi connectivity index (χ0v) is 62.6. The molecule has 0 spiro atoms. The van der Waals surface area contributed by atoms with Crippen molar-refractivity contribution in [3.8, 4) is 0 Å². The Hall–Kier alpha value is -8.95. The van der Waals surface area contributed by atoms with Crippen molar-refractivity contribution in [3.05, 3.63) is 139 Å². The quantitative estimate of drug-likeness (QED) is 0.0529. The number of pyridine rings is 6. The fraction of sp³-hybridized carbons (Fsp3) is 0.479. The van der Waals surface area contributed by atoms with E-state index in [9.17, 15) is 68.6 Å². The number of alkyl halides is 9. The summed E-state index contributed by atoms with van der Waals surface area (Å²) in [6.45, 7) is 17.5. The molecule has 568 valence electrons. The van der Waals surface area contributed by atoms with Crippen LogP contribution in [0.4, 0.5) is 56.6 Å². The van der Waals surface area contributed by atoms with Crippen LogP contribution in [0.25, 0.3) is 31.0 Å². The van der Waals surface area contributed by atoms with E-state index in [1.807, 2.05) is 20.8 Å². The van der Waals surface area contributed by atoms with Gasteiger partial charge in [0.2, 0.25) is 11.8 Å². The molecule has 3 atom stereocenters. The lowest BCUT2D eigenvalue weighted by Gasteiger charge is -2.29. The summed E-state index contributed by atoms with van der Waals surface area (Å²) in [5.74, 6) is -2.91. The van der Waals surface area contributed by atoms with Gasteiger partial charge in [0.25, 0.3) is 0 Å². The van der Waals surface area contributed by atoms with E-state index in [-0.39, 0.29) is 72.5 Å². The van der Waals surface area contributed by atoms with Gasteiger partial charge in [-0.05, 0) is 194 Å². The van der Waals surface area contributed by atoms with Crippen molar-refractivity contribution in [1.29, 1.82) is 0 Å². The Kier molecular flexibility index (Phi) is 24.1. The molecule has 21 nitrogen and oxygen atoms in total. The average Bonchev–Trinajstić information content (AvgIpc) is 1.23. The topological polar surface area (TPSA) is 310 Å². The summed E-state index contributed by atoms with van der Waals surface area (Å²) in [6.07, 6.45) is -4.64. The van der Waals surface area contributed by atoms with Gasteiger partial charge in [-0.3, -0.25) is 38.9 Å². The second-order valence-electron chi connectivity index (χ2n) is 29.7. The molecule has 0 saturated carbocycles. The Balaban J connectivity index is 0.000000170. The molecule has 0 aliphatic heterocycles. The van der Waals surface area contributed by atoms with Crippen LogP contribution >= 0.6 is 34.0 Å². The summed E-state index contributed by atoms with van der Waals surface area (Å²) in [4.78, 5) is 101. The molecule has 9 heterocycles. The number of carbonyl (C=O) groups excluding carboxylic acids is 4. The number of fused-ring (bicyclic) bond motifs is 6. The number of carboxylic acid groups (broad SMARTS) is 1. The molecule has 0 radical (unpaired) electrons. The van der Waals surface area contributed by atoms with Crippen molar-refractivity contribution in [1.82, 2.24) is 44.9 Å². The van der Waals surface area contributed by atoms with Crippen LogP contribution in [-0.4, -0.2) is 103 Å². The number of aliphatic hydroxyl groups excluding tert-OH is 1. The first-order chi connectivity index (χ1) is 49.2. The fourth-order valence-electron chi connectivity index (χ4n) is 11.1. The highest BCUT2D eigenvalue weighted by Gasteiger charge is 2.52. The Morgan fingerprint density at radius 1 is 0.472 bits per heavy atom. The van der Waals surface area contributed by atoms with Gasteiger partial charge >= 0.3 is 36.4 Å². The first kappa shape index (κ1) is 81.1. The number of anilines is 3. The first-order valence-electron chi connectivity index (χ1n) is 33.7. The number of aliphatic carboxylic acids is 1. The maximum Gasteiger partial charge on any atom is 0.399 e. The molecule has 0 unspecified atom stereocenters. The lowest BCUT2D eigenvalue weighted by Crippen LogP contribution is -2.38. The third-order valence-corrected chi connectivity index (χ3v) is 21.2. The Labute approximate surface area is 616 Å². The van der Waals surface area contributed by atoms with E-state index in [0.29, 0.717) is 123 Å².